The molecule has 0 radical (unpaired) electrons. The van der Waals surface area contributed by atoms with Crippen LogP contribution in [-0.4, -0.2) is 25.4 Å². The molecule has 0 unspecified atom stereocenters. The number of carbonyl (C=O) groups excluding carboxylic acids is 1. The SMILES string of the molecule is O=C(Nc1ncc(Cc2ccc(Cl)cc2Cl)s1)c1cccc(S(=O)(=O)NC2CC2)c1. The van der Waals surface area contributed by atoms with Crippen molar-refractivity contribution in [2.75, 3.05) is 5.32 Å². The topological polar surface area (TPSA) is 88.2 Å². The van der Waals surface area contributed by atoms with Gasteiger partial charge in [0.05, 0.1) is 4.90 Å². The van der Waals surface area contributed by atoms with Gasteiger partial charge in [-0.15, -0.1) is 11.3 Å². The Bertz CT molecular complexity index is 1210. The third-order valence-electron chi connectivity index (χ3n) is 4.46. The van der Waals surface area contributed by atoms with E-state index in [2.05, 4.69) is 15.0 Å². The van der Waals surface area contributed by atoms with E-state index in [4.69, 9.17) is 23.2 Å². The summed E-state index contributed by atoms with van der Waals surface area (Å²) in [5.41, 5.74) is 1.15. The van der Waals surface area contributed by atoms with Gasteiger partial charge in [-0.25, -0.2) is 18.1 Å². The van der Waals surface area contributed by atoms with Crippen LogP contribution in [0.25, 0.3) is 0 Å². The molecule has 1 fully saturated rings. The van der Waals surface area contributed by atoms with Crippen LogP contribution in [0.4, 0.5) is 5.13 Å². The standard InChI is InChI=1S/C20H17Cl2N3O3S2/c21-14-5-4-12(18(22)10-14)8-16-11-23-20(29-16)24-19(26)13-2-1-3-17(9-13)30(27,28)25-15-6-7-15/h1-5,9-11,15,25H,6-8H2,(H,23,24,26). The summed E-state index contributed by atoms with van der Waals surface area (Å²) in [5, 5.41) is 4.28. The second-order valence-electron chi connectivity index (χ2n) is 6.92. The van der Waals surface area contributed by atoms with E-state index in [1.54, 1.807) is 30.5 Å². The maximum absolute atomic E-state index is 12.6. The van der Waals surface area contributed by atoms with Gasteiger partial charge < -0.3 is 0 Å². The molecule has 0 atom stereocenters. The highest BCUT2D eigenvalue weighted by Gasteiger charge is 2.28. The number of aromatic nitrogens is 1. The summed E-state index contributed by atoms with van der Waals surface area (Å²) >= 11 is 13.5. The second kappa shape index (κ2) is 8.64. The summed E-state index contributed by atoms with van der Waals surface area (Å²) in [4.78, 5) is 17.8. The molecule has 1 aromatic heterocycles. The lowest BCUT2D eigenvalue weighted by atomic mass is 10.1. The number of hydrogen-bond donors (Lipinski definition) is 2. The van der Waals surface area contributed by atoms with Crippen molar-refractivity contribution < 1.29 is 13.2 Å². The van der Waals surface area contributed by atoms with Gasteiger partial charge in [0.15, 0.2) is 5.13 Å². The number of hydrogen-bond acceptors (Lipinski definition) is 5. The Kier molecular flexibility index (Phi) is 6.13. The van der Waals surface area contributed by atoms with Crippen LogP contribution >= 0.6 is 34.5 Å². The van der Waals surface area contributed by atoms with Crippen LogP contribution in [0.1, 0.15) is 33.6 Å². The van der Waals surface area contributed by atoms with Crippen molar-refractivity contribution in [1.29, 1.82) is 0 Å². The van der Waals surface area contributed by atoms with Gasteiger partial charge in [-0.05, 0) is 48.7 Å². The molecule has 30 heavy (non-hydrogen) atoms. The fourth-order valence-electron chi connectivity index (χ4n) is 2.76. The Morgan fingerprint density at radius 2 is 1.97 bits per heavy atom. The molecule has 2 aromatic carbocycles. The van der Waals surface area contributed by atoms with Crippen LogP contribution in [-0.2, 0) is 16.4 Å². The first-order valence-corrected chi connectivity index (χ1v) is 12.2. The van der Waals surface area contributed by atoms with Gasteiger partial charge in [-0.3, -0.25) is 10.1 Å². The molecule has 10 heteroatoms. The fourth-order valence-corrected chi connectivity index (χ4v) is 5.42. The summed E-state index contributed by atoms with van der Waals surface area (Å²) in [7, 11) is -3.63. The van der Waals surface area contributed by atoms with Crippen LogP contribution in [0.5, 0.6) is 0 Å². The average Bonchev–Trinajstić information content (AvgIpc) is 3.40. The summed E-state index contributed by atoms with van der Waals surface area (Å²) in [6, 6.07) is 11.2. The largest absolute Gasteiger partial charge is 0.298 e. The van der Waals surface area contributed by atoms with E-state index >= 15 is 0 Å². The predicted molar refractivity (Wildman–Crippen MR) is 119 cm³/mol. The number of thiazole rings is 1. The molecular weight excluding hydrogens is 465 g/mol. The molecule has 156 valence electrons. The van der Waals surface area contributed by atoms with Crippen LogP contribution in [0.2, 0.25) is 10.0 Å². The second-order valence-corrected chi connectivity index (χ2v) is 10.6. The molecule has 1 aliphatic carbocycles. The normalized spacial score (nSPS) is 13.9. The van der Waals surface area contributed by atoms with E-state index in [1.165, 1.54) is 23.5 Å². The van der Waals surface area contributed by atoms with E-state index in [1.807, 2.05) is 6.07 Å². The van der Waals surface area contributed by atoms with Crippen molar-refractivity contribution in [2.24, 2.45) is 0 Å². The lowest BCUT2D eigenvalue weighted by Crippen LogP contribution is -2.26. The van der Waals surface area contributed by atoms with Crippen molar-refractivity contribution in [3.63, 3.8) is 0 Å². The highest BCUT2D eigenvalue weighted by Crippen LogP contribution is 2.27. The lowest BCUT2D eigenvalue weighted by molar-refractivity contribution is 0.102. The summed E-state index contributed by atoms with van der Waals surface area (Å²) in [5.74, 6) is -0.427. The number of rotatable bonds is 7. The van der Waals surface area contributed by atoms with E-state index < -0.39 is 15.9 Å². The maximum Gasteiger partial charge on any atom is 0.257 e. The monoisotopic (exact) mass is 481 g/mol. The summed E-state index contributed by atoms with van der Waals surface area (Å²) < 4.78 is 27.3. The van der Waals surface area contributed by atoms with Crippen molar-refractivity contribution in [2.45, 2.75) is 30.2 Å². The predicted octanol–water partition coefficient (Wildman–Crippen LogP) is 4.73. The number of anilines is 1. The summed E-state index contributed by atoms with van der Waals surface area (Å²) in [6.07, 6.45) is 3.91. The highest BCUT2D eigenvalue weighted by molar-refractivity contribution is 7.89. The average molecular weight is 482 g/mol. The number of sulfonamides is 1. The first kappa shape index (κ1) is 21.3. The first-order chi connectivity index (χ1) is 14.3. The summed E-state index contributed by atoms with van der Waals surface area (Å²) in [6.45, 7) is 0. The molecule has 0 spiro atoms. The molecule has 0 bridgehead atoms. The molecule has 6 nitrogen and oxygen atoms in total. The molecule has 0 aliphatic heterocycles. The minimum absolute atomic E-state index is 0.00429. The highest BCUT2D eigenvalue weighted by atomic mass is 35.5. The molecule has 3 aromatic rings. The van der Waals surface area contributed by atoms with Gasteiger partial charge in [0, 0.05) is 39.1 Å². The van der Waals surface area contributed by atoms with E-state index in [9.17, 15) is 13.2 Å². The Morgan fingerprint density at radius 3 is 2.70 bits per heavy atom. The smallest absolute Gasteiger partial charge is 0.257 e. The van der Waals surface area contributed by atoms with Gasteiger partial charge >= 0.3 is 0 Å². The third-order valence-corrected chi connectivity index (χ3v) is 7.48. The zero-order chi connectivity index (χ0) is 21.3. The molecule has 1 heterocycles. The number of amides is 1. The van der Waals surface area contributed by atoms with Gasteiger partial charge in [0.2, 0.25) is 10.0 Å². The Balaban J connectivity index is 1.45. The van der Waals surface area contributed by atoms with Crippen LogP contribution < -0.4 is 10.0 Å². The van der Waals surface area contributed by atoms with E-state index in [0.717, 1.165) is 23.3 Å². The quantitative estimate of drug-likeness (QED) is 0.510. The van der Waals surface area contributed by atoms with Crippen molar-refractivity contribution in [3.8, 4) is 0 Å². The first-order valence-electron chi connectivity index (χ1n) is 9.12. The molecule has 1 saturated carbocycles. The van der Waals surface area contributed by atoms with Gasteiger partial charge in [0.1, 0.15) is 0 Å². The molecule has 0 saturated heterocycles. The molecular formula is C20H17Cl2N3O3S2. The number of carbonyl (C=O) groups is 1. The molecule has 1 amide bonds. The van der Waals surface area contributed by atoms with Crippen molar-refractivity contribution in [1.82, 2.24) is 9.71 Å². The number of benzene rings is 2. The van der Waals surface area contributed by atoms with Gasteiger partial charge in [0.25, 0.3) is 5.91 Å². The molecule has 2 N–H and O–H groups in total. The Morgan fingerprint density at radius 1 is 1.17 bits per heavy atom. The van der Waals surface area contributed by atoms with E-state index in [-0.39, 0.29) is 16.5 Å². The maximum atomic E-state index is 12.6. The molecule has 4 rings (SSSR count). The Labute approximate surface area is 188 Å². The number of nitrogens with one attached hydrogen (secondary N) is 2. The minimum atomic E-state index is -3.63. The van der Waals surface area contributed by atoms with Gasteiger partial charge in [-0.2, -0.15) is 0 Å². The van der Waals surface area contributed by atoms with Gasteiger partial charge in [-0.1, -0.05) is 35.3 Å². The lowest BCUT2D eigenvalue weighted by Gasteiger charge is -2.07. The number of nitrogens with zero attached hydrogens (tertiary/aromatic N) is 1. The zero-order valence-corrected chi connectivity index (χ0v) is 18.7. The van der Waals surface area contributed by atoms with Crippen LogP contribution in [0.3, 0.4) is 0 Å². The van der Waals surface area contributed by atoms with Crippen LogP contribution in [0, 0.1) is 0 Å². The minimum Gasteiger partial charge on any atom is -0.298 e. The van der Waals surface area contributed by atoms with Crippen molar-refractivity contribution in [3.05, 3.63) is 74.7 Å². The van der Waals surface area contributed by atoms with Crippen LogP contribution in [0.15, 0.2) is 53.6 Å². The van der Waals surface area contributed by atoms with Crippen molar-refractivity contribution >= 4 is 55.6 Å². The number of halogens is 2. The Hall–Kier alpha value is -1.97. The van der Waals surface area contributed by atoms with E-state index in [0.29, 0.717) is 21.6 Å². The molecule has 1 aliphatic rings. The fraction of sp³-hybridized carbons (Fsp3) is 0.200. The zero-order valence-electron chi connectivity index (χ0n) is 15.6. The third kappa shape index (κ3) is 5.19.